The molecule has 2 heterocycles. The summed E-state index contributed by atoms with van der Waals surface area (Å²) in [7, 11) is 7.12. The minimum atomic E-state index is -0.388. The lowest BCUT2D eigenvalue weighted by Gasteiger charge is -2.13. The molecule has 0 radical (unpaired) electrons. The van der Waals surface area contributed by atoms with E-state index in [1.807, 2.05) is 44.4 Å². The summed E-state index contributed by atoms with van der Waals surface area (Å²) in [5.41, 5.74) is 0.721. The van der Waals surface area contributed by atoms with E-state index in [2.05, 4.69) is 14.9 Å². The van der Waals surface area contributed by atoms with Gasteiger partial charge in [0.2, 0.25) is 0 Å². The summed E-state index contributed by atoms with van der Waals surface area (Å²) >= 11 is 1.52. The number of hydrogen-bond acceptors (Lipinski definition) is 6. The minimum absolute atomic E-state index is 0.355. The molecule has 0 spiro atoms. The molecule has 0 atom stereocenters. The second-order valence-corrected chi connectivity index (χ2v) is 7.75. The van der Waals surface area contributed by atoms with Crippen LogP contribution in [0.2, 0.25) is 0 Å². The Morgan fingerprint density at radius 3 is 2.41 bits per heavy atom. The molecule has 0 unspecified atom stereocenters. The number of aromatic nitrogens is 4. The van der Waals surface area contributed by atoms with Gasteiger partial charge in [0.15, 0.2) is 5.65 Å². The molecule has 2 aromatic heterocycles. The summed E-state index contributed by atoms with van der Waals surface area (Å²) < 4.78 is 2.53. The minimum Gasteiger partial charge on any atom is -0.309 e. The summed E-state index contributed by atoms with van der Waals surface area (Å²) in [6.45, 7) is 0.857. The highest BCUT2D eigenvalue weighted by Crippen LogP contribution is 2.23. The van der Waals surface area contributed by atoms with Gasteiger partial charge < -0.3 is 4.90 Å². The zero-order chi connectivity index (χ0) is 19.6. The van der Waals surface area contributed by atoms with Crippen molar-refractivity contribution in [2.45, 2.75) is 11.4 Å². The van der Waals surface area contributed by atoms with E-state index in [0.29, 0.717) is 28.3 Å². The number of fused-ring (bicyclic) bond motifs is 1. The van der Waals surface area contributed by atoms with Crippen molar-refractivity contribution in [3.8, 4) is 0 Å². The third-order valence-electron chi connectivity index (χ3n) is 4.30. The Balaban J connectivity index is 2.15. The Bertz CT molecular complexity index is 1070. The molecule has 7 nitrogen and oxygen atoms in total. The molecule has 1 aromatic carbocycles. The topological polar surface area (TPSA) is 73.0 Å². The van der Waals surface area contributed by atoms with E-state index >= 15 is 0 Å². The van der Waals surface area contributed by atoms with Gasteiger partial charge in [-0.3, -0.25) is 13.9 Å². The van der Waals surface area contributed by atoms with E-state index < -0.39 is 0 Å². The first-order valence-electron chi connectivity index (χ1n) is 8.66. The molecule has 3 rings (SSSR count). The van der Waals surface area contributed by atoms with E-state index in [1.165, 1.54) is 23.4 Å². The van der Waals surface area contributed by atoms with Crippen molar-refractivity contribution in [3.05, 3.63) is 62.6 Å². The number of benzene rings is 1. The average molecular weight is 385 g/mol. The zero-order valence-corrected chi connectivity index (χ0v) is 16.8. The first-order valence-corrected chi connectivity index (χ1v) is 9.65. The van der Waals surface area contributed by atoms with Crippen LogP contribution in [0.15, 0.2) is 44.9 Å². The molecule has 0 amide bonds. The quantitative estimate of drug-likeness (QED) is 0.470. The van der Waals surface area contributed by atoms with Gasteiger partial charge in [-0.2, -0.15) is 0 Å². The fourth-order valence-electron chi connectivity index (χ4n) is 2.76. The molecule has 0 aliphatic heterocycles. The molecule has 3 aromatic rings. The first kappa shape index (κ1) is 19.3. The number of rotatable bonds is 6. The van der Waals surface area contributed by atoms with Gasteiger partial charge in [0.25, 0.3) is 5.56 Å². The molecule has 0 aliphatic rings. The van der Waals surface area contributed by atoms with Gasteiger partial charge in [-0.05, 0) is 19.7 Å². The number of hydrogen-bond donors (Lipinski definition) is 0. The van der Waals surface area contributed by atoms with Crippen LogP contribution in [0.25, 0.3) is 11.0 Å². The van der Waals surface area contributed by atoms with Crippen molar-refractivity contribution in [1.82, 2.24) is 24.0 Å². The van der Waals surface area contributed by atoms with E-state index in [9.17, 15) is 9.59 Å². The molecule has 8 heteroatoms. The Labute approximate surface area is 161 Å². The maximum atomic E-state index is 12.7. The molecular weight excluding hydrogens is 362 g/mol. The molecule has 0 N–H and O–H groups in total. The number of aryl methyl sites for hydroxylation is 1. The van der Waals surface area contributed by atoms with Crippen LogP contribution in [0.5, 0.6) is 0 Å². The predicted octanol–water partition coefficient (Wildman–Crippen LogP) is 1.27. The molecule has 0 aliphatic carbocycles. The Kier molecular flexibility index (Phi) is 5.76. The fourth-order valence-corrected chi connectivity index (χ4v) is 3.90. The van der Waals surface area contributed by atoms with Gasteiger partial charge in [-0.1, -0.05) is 30.3 Å². The normalized spacial score (nSPS) is 11.4. The van der Waals surface area contributed by atoms with E-state index in [0.717, 1.165) is 22.4 Å². The number of thioether (sulfide) groups is 1. The smallest absolute Gasteiger partial charge is 0.309 e. The standard InChI is InChI=1S/C19H23N5O2S/c1-22(2)10-11-27-17-15-16(23(3)19(26)24(4)18(15)25)20-14(21-17)12-13-8-6-5-7-9-13/h5-9H,10-12H2,1-4H3. The second-order valence-electron chi connectivity index (χ2n) is 6.66. The van der Waals surface area contributed by atoms with Crippen LogP contribution in [-0.4, -0.2) is 50.4 Å². The van der Waals surface area contributed by atoms with E-state index in [4.69, 9.17) is 0 Å². The van der Waals surface area contributed by atoms with Crippen molar-refractivity contribution in [2.75, 3.05) is 26.4 Å². The van der Waals surface area contributed by atoms with Crippen LogP contribution in [-0.2, 0) is 20.5 Å². The van der Waals surface area contributed by atoms with Gasteiger partial charge in [0, 0.05) is 32.8 Å². The van der Waals surface area contributed by atoms with E-state index in [-0.39, 0.29) is 11.2 Å². The van der Waals surface area contributed by atoms with Gasteiger partial charge >= 0.3 is 5.69 Å². The van der Waals surface area contributed by atoms with Crippen molar-refractivity contribution in [2.24, 2.45) is 14.1 Å². The number of nitrogens with zero attached hydrogens (tertiary/aromatic N) is 5. The Hall–Kier alpha value is -2.45. The van der Waals surface area contributed by atoms with Crippen molar-refractivity contribution >= 4 is 22.8 Å². The lowest BCUT2D eigenvalue weighted by atomic mass is 10.1. The largest absolute Gasteiger partial charge is 0.332 e. The highest BCUT2D eigenvalue weighted by Gasteiger charge is 2.17. The lowest BCUT2D eigenvalue weighted by molar-refractivity contribution is 0.437. The molecule has 142 valence electrons. The lowest BCUT2D eigenvalue weighted by Crippen LogP contribution is -2.38. The van der Waals surface area contributed by atoms with Crippen molar-refractivity contribution in [3.63, 3.8) is 0 Å². The average Bonchev–Trinajstić information content (AvgIpc) is 2.65. The van der Waals surface area contributed by atoms with Crippen molar-refractivity contribution < 1.29 is 0 Å². The van der Waals surface area contributed by atoms with Crippen molar-refractivity contribution in [1.29, 1.82) is 0 Å². The molecule has 27 heavy (non-hydrogen) atoms. The molecule has 0 saturated heterocycles. The summed E-state index contributed by atoms with van der Waals surface area (Å²) in [5.74, 6) is 1.39. The SMILES string of the molecule is CN(C)CCSc1nc(Cc2ccccc2)nc2c1c(=O)n(C)c(=O)n2C. The summed E-state index contributed by atoms with van der Waals surface area (Å²) in [6, 6.07) is 9.91. The molecular formula is C19H23N5O2S. The van der Waals surface area contributed by atoms with Crippen LogP contribution in [0, 0.1) is 0 Å². The molecule has 0 bridgehead atoms. The van der Waals surface area contributed by atoms with Gasteiger partial charge in [-0.15, -0.1) is 11.8 Å². The van der Waals surface area contributed by atoms with E-state index in [1.54, 1.807) is 7.05 Å². The third kappa shape index (κ3) is 4.12. The highest BCUT2D eigenvalue weighted by molar-refractivity contribution is 7.99. The van der Waals surface area contributed by atoms with Crippen LogP contribution in [0.1, 0.15) is 11.4 Å². The van der Waals surface area contributed by atoms with Crippen LogP contribution in [0.3, 0.4) is 0 Å². The monoisotopic (exact) mass is 385 g/mol. The Morgan fingerprint density at radius 2 is 1.74 bits per heavy atom. The van der Waals surface area contributed by atoms with Crippen LogP contribution < -0.4 is 11.2 Å². The summed E-state index contributed by atoms with van der Waals surface area (Å²) in [5, 5.41) is 1.03. The maximum Gasteiger partial charge on any atom is 0.332 e. The maximum absolute atomic E-state index is 12.7. The van der Waals surface area contributed by atoms with Gasteiger partial charge in [0.05, 0.1) is 0 Å². The Morgan fingerprint density at radius 1 is 1.04 bits per heavy atom. The molecule has 0 fully saturated rings. The van der Waals surface area contributed by atoms with Crippen LogP contribution >= 0.6 is 11.8 Å². The predicted molar refractivity (Wildman–Crippen MR) is 109 cm³/mol. The second kappa shape index (κ2) is 8.06. The van der Waals surface area contributed by atoms with Gasteiger partial charge in [0.1, 0.15) is 16.2 Å². The van der Waals surface area contributed by atoms with Gasteiger partial charge in [-0.25, -0.2) is 14.8 Å². The molecule has 0 saturated carbocycles. The third-order valence-corrected chi connectivity index (χ3v) is 5.25. The first-order chi connectivity index (χ1) is 12.9. The zero-order valence-electron chi connectivity index (χ0n) is 16.0. The summed E-state index contributed by atoms with van der Waals surface area (Å²) in [4.78, 5) is 36.4. The highest BCUT2D eigenvalue weighted by atomic mass is 32.2. The fraction of sp³-hybridized carbons (Fsp3) is 0.368. The van der Waals surface area contributed by atoms with Crippen LogP contribution in [0.4, 0.5) is 0 Å². The summed E-state index contributed by atoms with van der Waals surface area (Å²) in [6.07, 6.45) is 0.543.